The van der Waals surface area contributed by atoms with Gasteiger partial charge in [0.25, 0.3) is 0 Å². The first-order chi connectivity index (χ1) is 7.82. The van der Waals surface area contributed by atoms with Gasteiger partial charge in [0.05, 0.1) is 12.1 Å². The Morgan fingerprint density at radius 3 is 2.59 bits per heavy atom. The van der Waals surface area contributed by atoms with E-state index in [0.29, 0.717) is 6.61 Å². The zero-order valence-corrected chi connectivity index (χ0v) is 10.8. The molecule has 0 radical (unpaired) electrons. The van der Waals surface area contributed by atoms with Crippen LogP contribution in [0.15, 0.2) is 5.16 Å². The maximum absolute atomic E-state index is 12.3. The Hall–Kier alpha value is -1.30. The van der Waals surface area contributed by atoms with E-state index in [-0.39, 0.29) is 23.9 Å². The second-order valence-corrected chi connectivity index (χ2v) is 4.96. The molecule has 1 aliphatic rings. The van der Waals surface area contributed by atoms with Crippen LogP contribution in [-0.2, 0) is 9.53 Å². The molecule has 0 aromatic heterocycles. The average molecular weight is 243 g/mol. The molecule has 1 heterocycles. The molecule has 3 N–H and O–H groups in total. The molecule has 2 unspecified atom stereocenters. The Balaban J connectivity index is 2.82. The summed E-state index contributed by atoms with van der Waals surface area (Å²) >= 11 is 0. The van der Waals surface area contributed by atoms with Crippen LogP contribution in [0.5, 0.6) is 0 Å². The molecule has 1 fully saturated rings. The third-order valence-electron chi connectivity index (χ3n) is 3.44. The maximum Gasteiger partial charge on any atom is 0.236 e. The Bertz CT molecular complexity index is 328. The summed E-state index contributed by atoms with van der Waals surface area (Å²) in [4.78, 5) is 13.9. The number of likely N-dealkylation sites (N-methyl/N-ethyl adjacent to an activating group) is 1. The second kappa shape index (κ2) is 4.91. The van der Waals surface area contributed by atoms with Crippen molar-refractivity contribution in [2.24, 2.45) is 16.3 Å². The molecule has 6 nitrogen and oxygen atoms in total. The number of nitrogens with two attached hydrogens (primary N) is 1. The van der Waals surface area contributed by atoms with Gasteiger partial charge in [-0.25, -0.2) is 0 Å². The average Bonchev–Trinajstić information content (AvgIpc) is 2.72. The quantitative estimate of drug-likeness (QED) is 0.325. The largest absolute Gasteiger partial charge is 0.409 e. The van der Waals surface area contributed by atoms with Crippen molar-refractivity contribution in [2.45, 2.75) is 39.3 Å². The minimum absolute atomic E-state index is 0.0204. The molecule has 1 amide bonds. The van der Waals surface area contributed by atoms with Gasteiger partial charge in [-0.2, -0.15) is 0 Å². The van der Waals surface area contributed by atoms with Crippen molar-refractivity contribution in [3.05, 3.63) is 0 Å². The molecule has 0 bridgehead atoms. The minimum atomic E-state index is -1.01. The lowest BCUT2D eigenvalue weighted by molar-refractivity contribution is -0.138. The Morgan fingerprint density at radius 1 is 1.59 bits per heavy atom. The van der Waals surface area contributed by atoms with Crippen LogP contribution < -0.4 is 5.73 Å². The molecule has 0 spiro atoms. The molecule has 1 rings (SSSR count). The van der Waals surface area contributed by atoms with Crippen molar-refractivity contribution in [2.75, 3.05) is 13.7 Å². The lowest BCUT2D eigenvalue weighted by atomic mass is 9.89. The SMILES string of the molecule is CC1OCCC1N(C)C(=O)C(C)(C)C(N)=NO. The minimum Gasteiger partial charge on any atom is -0.409 e. The van der Waals surface area contributed by atoms with Crippen molar-refractivity contribution in [1.29, 1.82) is 0 Å². The number of amides is 1. The van der Waals surface area contributed by atoms with Gasteiger partial charge in [-0.15, -0.1) is 0 Å². The third-order valence-corrected chi connectivity index (χ3v) is 3.44. The van der Waals surface area contributed by atoms with Gasteiger partial charge in [0.1, 0.15) is 5.41 Å². The van der Waals surface area contributed by atoms with Crippen LogP contribution in [0.25, 0.3) is 0 Å². The fourth-order valence-corrected chi connectivity index (χ4v) is 2.06. The summed E-state index contributed by atoms with van der Waals surface area (Å²) in [6.45, 7) is 5.88. The highest BCUT2D eigenvalue weighted by atomic mass is 16.5. The highest BCUT2D eigenvalue weighted by Gasteiger charge is 2.40. The van der Waals surface area contributed by atoms with Crippen molar-refractivity contribution in [1.82, 2.24) is 4.90 Å². The molecule has 98 valence electrons. The van der Waals surface area contributed by atoms with Gasteiger partial charge in [-0.05, 0) is 27.2 Å². The first-order valence-corrected chi connectivity index (χ1v) is 5.69. The van der Waals surface area contributed by atoms with Gasteiger partial charge in [-0.3, -0.25) is 4.79 Å². The number of rotatable bonds is 3. The number of ether oxygens (including phenoxy) is 1. The van der Waals surface area contributed by atoms with Crippen LogP contribution >= 0.6 is 0 Å². The van der Waals surface area contributed by atoms with E-state index in [4.69, 9.17) is 15.7 Å². The number of carbonyl (C=O) groups is 1. The zero-order valence-electron chi connectivity index (χ0n) is 10.8. The van der Waals surface area contributed by atoms with E-state index in [0.717, 1.165) is 6.42 Å². The summed E-state index contributed by atoms with van der Waals surface area (Å²) < 4.78 is 5.43. The number of hydrogen-bond acceptors (Lipinski definition) is 4. The van der Waals surface area contributed by atoms with Crippen molar-refractivity contribution < 1.29 is 14.7 Å². The normalized spacial score (nSPS) is 26.0. The summed E-state index contributed by atoms with van der Waals surface area (Å²) in [6.07, 6.45) is 0.836. The summed E-state index contributed by atoms with van der Waals surface area (Å²) in [5.74, 6) is -0.254. The van der Waals surface area contributed by atoms with E-state index in [1.807, 2.05) is 6.92 Å². The highest BCUT2D eigenvalue weighted by molar-refractivity contribution is 6.05. The summed E-state index contributed by atoms with van der Waals surface area (Å²) in [7, 11) is 1.73. The number of amidine groups is 1. The Kier molecular flexibility index (Phi) is 3.98. The molecule has 1 aliphatic heterocycles. The van der Waals surface area contributed by atoms with E-state index in [1.165, 1.54) is 0 Å². The predicted molar refractivity (Wildman–Crippen MR) is 63.8 cm³/mol. The van der Waals surface area contributed by atoms with E-state index in [2.05, 4.69) is 5.16 Å². The molecule has 2 atom stereocenters. The first-order valence-electron chi connectivity index (χ1n) is 5.69. The smallest absolute Gasteiger partial charge is 0.236 e. The lowest BCUT2D eigenvalue weighted by Gasteiger charge is -2.33. The lowest BCUT2D eigenvalue weighted by Crippen LogP contribution is -2.51. The number of oxime groups is 1. The zero-order chi connectivity index (χ0) is 13.2. The van der Waals surface area contributed by atoms with Gasteiger partial charge in [-0.1, -0.05) is 5.16 Å². The van der Waals surface area contributed by atoms with E-state index >= 15 is 0 Å². The molecule has 1 saturated heterocycles. The molecule has 17 heavy (non-hydrogen) atoms. The van der Waals surface area contributed by atoms with E-state index < -0.39 is 5.41 Å². The molecule has 0 saturated carbocycles. The number of carbonyl (C=O) groups excluding carboxylic acids is 1. The van der Waals surface area contributed by atoms with E-state index in [9.17, 15) is 4.79 Å². The molecular weight excluding hydrogens is 222 g/mol. The van der Waals surface area contributed by atoms with Crippen molar-refractivity contribution >= 4 is 11.7 Å². The van der Waals surface area contributed by atoms with Crippen molar-refractivity contribution in [3.8, 4) is 0 Å². The van der Waals surface area contributed by atoms with Gasteiger partial charge in [0, 0.05) is 13.7 Å². The van der Waals surface area contributed by atoms with Crippen LogP contribution in [-0.4, -0.2) is 47.7 Å². The Labute approximate surface area is 101 Å². The predicted octanol–water partition coefficient (Wildman–Crippen LogP) is 0.395. The summed E-state index contributed by atoms with van der Waals surface area (Å²) in [6, 6.07) is 0.0493. The fraction of sp³-hybridized carbons (Fsp3) is 0.818. The van der Waals surface area contributed by atoms with E-state index in [1.54, 1.807) is 25.8 Å². The van der Waals surface area contributed by atoms with Crippen LogP contribution in [0.4, 0.5) is 0 Å². The van der Waals surface area contributed by atoms with Gasteiger partial charge < -0.3 is 20.6 Å². The Morgan fingerprint density at radius 2 is 2.18 bits per heavy atom. The fourth-order valence-electron chi connectivity index (χ4n) is 2.06. The maximum atomic E-state index is 12.3. The molecule has 0 aliphatic carbocycles. The molecule has 0 aromatic rings. The number of hydrogen-bond donors (Lipinski definition) is 2. The molecular formula is C11H21N3O3. The molecule has 0 aromatic carbocycles. The van der Waals surface area contributed by atoms with Crippen LogP contribution in [0.3, 0.4) is 0 Å². The van der Waals surface area contributed by atoms with Gasteiger partial charge >= 0.3 is 0 Å². The van der Waals surface area contributed by atoms with Gasteiger partial charge in [0.15, 0.2) is 5.84 Å². The third kappa shape index (κ3) is 2.52. The van der Waals surface area contributed by atoms with Crippen LogP contribution in [0, 0.1) is 5.41 Å². The summed E-state index contributed by atoms with van der Waals surface area (Å²) in [5, 5.41) is 11.6. The topological polar surface area (TPSA) is 88.2 Å². The first kappa shape index (κ1) is 13.8. The highest BCUT2D eigenvalue weighted by Crippen LogP contribution is 2.25. The van der Waals surface area contributed by atoms with Gasteiger partial charge in [0.2, 0.25) is 5.91 Å². The monoisotopic (exact) mass is 243 g/mol. The van der Waals surface area contributed by atoms with Crippen LogP contribution in [0.2, 0.25) is 0 Å². The second-order valence-electron chi connectivity index (χ2n) is 4.96. The standard InChI is InChI=1S/C11H21N3O3/c1-7-8(5-6-17-7)14(4)10(15)11(2,3)9(12)13-16/h7-8,16H,5-6H2,1-4H3,(H2,12,13). The summed E-state index contributed by atoms with van der Waals surface area (Å²) in [5.41, 5.74) is 4.54. The van der Waals surface area contributed by atoms with Crippen LogP contribution in [0.1, 0.15) is 27.2 Å². The number of nitrogens with zero attached hydrogens (tertiary/aromatic N) is 2. The van der Waals surface area contributed by atoms with Crippen molar-refractivity contribution in [3.63, 3.8) is 0 Å². The molecule has 6 heteroatoms.